The van der Waals surface area contributed by atoms with Crippen LogP contribution < -0.4 is 5.32 Å². The molecule has 0 fully saturated rings. The summed E-state index contributed by atoms with van der Waals surface area (Å²) in [4.78, 5) is 0. The number of halogens is 2. The summed E-state index contributed by atoms with van der Waals surface area (Å²) < 4.78 is 13.9. The molecule has 0 heterocycles. The quantitative estimate of drug-likeness (QED) is 0.825. The Balaban J connectivity index is 2.24. The number of rotatable bonds is 3. The molecule has 2 aromatic rings. The molecular formula is C15H15ClFN. The molecule has 0 radical (unpaired) electrons. The normalized spacial score (nSPS) is 12.2. The van der Waals surface area contributed by atoms with Gasteiger partial charge < -0.3 is 5.32 Å². The molecule has 0 amide bonds. The van der Waals surface area contributed by atoms with Crippen LogP contribution in [0.25, 0.3) is 0 Å². The van der Waals surface area contributed by atoms with Gasteiger partial charge in [0.1, 0.15) is 5.82 Å². The lowest BCUT2D eigenvalue weighted by Gasteiger charge is -2.18. The minimum atomic E-state index is -0.212. The molecule has 1 N–H and O–H groups in total. The van der Waals surface area contributed by atoms with Crippen LogP contribution >= 0.6 is 11.6 Å². The molecule has 0 spiro atoms. The number of benzene rings is 2. The fourth-order valence-corrected chi connectivity index (χ4v) is 2.20. The average molecular weight is 264 g/mol. The number of anilines is 1. The monoisotopic (exact) mass is 263 g/mol. The molecule has 0 aliphatic carbocycles. The van der Waals surface area contributed by atoms with Gasteiger partial charge in [0, 0.05) is 5.02 Å². The number of aryl methyl sites for hydroxylation is 1. The van der Waals surface area contributed by atoms with Gasteiger partial charge in [0.25, 0.3) is 0 Å². The summed E-state index contributed by atoms with van der Waals surface area (Å²) in [5.41, 5.74) is 2.09. The molecule has 0 aromatic heterocycles. The smallest absolute Gasteiger partial charge is 0.149 e. The van der Waals surface area contributed by atoms with Crippen molar-refractivity contribution in [1.29, 1.82) is 0 Å². The second kappa shape index (κ2) is 5.40. The average Bonchev–Trinajstić information content (AvgIpc) is 2.35. The van der Waals surface area contributed by atoms with Gasteiger partial charge in [-0.2, -0.15) is 0 Å². The first kappa shape index (κ1) is 12.9. The first-order chi connectivity index (χ1) is 8.59. The van der Waals surface area contributed by atoms with E-state index >= 15 is 0 Å². The third kappa shape index (κ3) is 2.65. The molecule has 0 aliphatic heterocycles. The highest BCUT2D eigenvalue weighted by Gasteiger charge is 2.11. The van der Waals surface area contributed by atoms with E-state index in [9.17, 15) is 4.39 Å². The molecule has 3 heteroatoms. The molecule has 0 saturated heterocycles. The molecule has 0 bridgehead atoms. The van der Waals surface area contributed by atoms with Crippen molar-refractivity contribution in [2.24, 2.45) is 0 Å². The number of hydrogen-bond donors (Lipinski definition) is 1. The molecule has 1 nitrogen and oxygen atoms in total. The molecule has 94 valence electrons. The Bertz CT molecular complexity index is 554. The first-order valence-electron chi connectivity index (χ1n) is 5.85. The highest BCUT2D eigenvalue weighted by molar-refractivity contribution is 6.31. The van der Waals surface area contributed by atoms with E-state index in [1.807, 2.05) is 37.3 Å². The molecule has 1 atom stereocenters. The predicted octanol–water partition coefficient (Wildman–Crippen LogP) is 4.96. The maximum Gasteiger partial charge on any atom is 0.149 e. The molecule has 2 aromatic carbocycles. The van der Waals surface area contributed by atoms with Gasteiger partial charge in [-0.05, 0) is 37.1 Å². The largest absolute Gasteiger partial charge is 0.376 e. The summed E-state index contributed by atoms with van der Waals surface area (Å²) in [6, 6.07) is 12.8. The Morgan fingerprint density at radius 3 is 2.56 bits per heavy atom. The summed E-state index contributed by atoms with van der Waals surface area (Å²) in [6.45, 7) is 3.71. The standard InChI is InChI=1S/C15H15ClFN/c1-10-6-5-9-14(15(10)17)18-11(2)12-7-3-4-8-13(12)16/h3-9,11,18H,1-2H3. The summed E-state index contributed by atoms with van der Waals surface area (Å²) in [5.74, 6) is -0.212. The van der Waals surface area contributed by atoms with Crippen molar-refractivity contribution in [2.75, 3.05) is 5.32 Å². The Kier molecular flexibility index (Phi) is 3.87. The highest BCUT2D eigenvalue weighted by atomic mass is 35.5. The van der Waals surface area contributed by atoms with Crippen LogP contribution in [0.15, 0.2) is 42.5 Å². The van der Waals surface area contributed by atoms with Crippen molar-refractivity contribution in [2.45, 2.75) is 19.9 Å². The van der Waals surface area contributed by atoms with Crippen molar-refractivity contribution in [3.05, 3.63) is 64.4 Å². The Hall–Kier alpha value is -1.54. The molecule has 1 unspecified atom stereocenters. The van der Waals surface area contributed by atoms with Crippen molar-refractivity contribution in [3.8, 4) is 0 Å². The van der Waals surface area contributed by atoms with Gasteiger partial charge in [-0.3, -0.25) is 0 Å². The zero-order valence-electron chi connectivity index (χ0n) is 10.4. The van der Waals surface area contributed by atoms with E-state index in [2.05, 4.69) is 5.32 Å². The van der Waals surface area contributed by atoms with Crippen LogP contribution in [0.1, 0.15) is 24.1 Å². The van der Waals surface area contributed by atoms with E-state index in [1.54, 1.807) is 19.1 Å². The van der Waals surface area contributed by atoms with Crippen LogP contribution in [0, 0.1) is 12.7 Å². The summed E-state index contributed by atoms with van der Waals surface area (Å²) in [7, 11) is 0. The SMILES string of the molecule is Cc1cccc(NC(C)c2ccccc2Cl)c1F. The van der Waals surface area contributed by atoms with E-state index in [0.717, 1.165) is 5.56 Å². The van der Waals surface area contributed by atoms with Gasteiger partial charge in [0.05, 0.1) is 11.7 Å². The zero-order valence-corrected chi connectivity index (χ0v) is 11.1. The summed E-state index contributed by atoms with van der Waals surface area (Å²) >= 11 is 6.12. The first-order valence-corrected chi connectivity index (χ1v) is 6.23. The predicted molar refractivity (Wildman–Crippen MR) is 74.6 cm³/mol. The summed E-state index contributed by atoms with van der Waals surface area (Å²) in [5, 5.41) is 3.83. The third-order valence-corrected chi connectivity index (χ3v) is 3.28. The lowest BCUT2D eigenvalue weighted by Crippen LogP contribution is -2.08. The fourth-order valence-electron chi connectivity index (χ4n) is 1.90. The molecular weight excluding hydrogens is 249 g/mol. The van der Waals surface area contributed by atoms with Crippen LogP contribution in [0.4, 0.5) is 10.1 Å². The van der Waals surface area contributed by atoms with Crippen molar-refractivity contribution in [1.82, 2.24) is 0 Å². The Morgan fingerprint density at radius 1 is 1.11 bits per heavy atom. The maximum atomic E-state index is 13.9. The summed E-state index contributed by atoms with van der Waals surface area (Å²) in [6.07, 6.45) is 0. The van der Waals surface area contributed by atoms with E-state index in [-0.39, 0.29) is 11.9 Å². The lowest BCUT2D eigenvalue weighted by atomic mass is 10.1. The second-order valence-corrected chi connectivity index (χ2v) is 4.73. The Morgan fingerprint density at radius 2 is 1.83 bits per heavy atom. The fraction of sp³-hybridized carbons (Fsp3) is 0.200. The highest BCUT2D eigenvalue weighted by Crippen LogP contribution is 2.27. The van der Waals surface area contributed by atoms with Crippen LogP contribution in [-0.4, -0.2) is 0 Å². The Labute approximate surface area is 112 Å². The third-order valence-electron chi connectivity index (χ3n) is 2.94. The van der Waals surface area contributed by atoms with E-state index in [4.69, 9.17) is 11.6 Å². The topological polar surface area (TPSA) is 12.0 Å². The minimum absolute atomic E-state index is 0.0463. The molecule has 0 saturated carbocycles. The van der Waals surface area contributed by atoms with Crippen LogP contribution in [0.3, 0.4) is 0 Å². The maximum absolute atomic E-state index is 13.9. The zero-order chi connectivity index (χ0) is 13.1. The number of nitrogens with one attached hydrogen (secondary N) is 1. The lowest BCUT2D eigenvalue weighted by molar-refractivity contribution is 0.618. The van der Waals surface area contributed by atoms with Crippen molar-refractivity contribution in [3.63, 3.8) is 0 Å². The van der Waals surface area contributed by atoms with Crippen LogP contribution in [0.2, 0.25) is 5.02 Å². The molecule has 0 aliphatic rings. The minimum Gasteiger partial charge on any atom is -0.376 e. The van der Waals surface area contributed by atoms with Crippen molar-refractivity contribution >= 4 is 17.3 Å². The molecule has 2 rings (SSSR count). The van der Waals surface area contributed by atoms with E-state index in [1.165, 1.54) is 0 Å². The van der Waals surface area contributed by atoms with Gasteiger partial charge >= 0.3 is 0 Å². The van der Waals surface area contributed by atoms with E-state index in [0.29, 0.717) is 16.3 Å². The van der Waals surface area contributed by atoms with Crippen molar-refractivity contribution < 1.29 is 4.39 Å². The van der Waals surface area contributed by atoms with Gasteiger partial charge in [-0.1, -0.05) is 41.9 Å². The van der Waals surface area contributed by atoms with E-state index < -0.39 is 0 Å². The van der Waals surface area contributed by atoms with Gasteiger partial charge in [-0.25, -0.2) is 4.39 Å². The van der Waals surface area contributed by atoms with Gasteiger partial charge in [0.2, 0.25) is 0 Å². The van der Waals surface area contributed by atoms with Crippen LogP contribution in [-0.2, 0) is 0 Å². The number of hydrogen-bond acceptors (Lipinski definition) is 1. The van der Waals surface area contributed by atoms with Gasteiger partial charge in [0.15, 0.2) is 0 Å². The second-order valence-electron chi connectivity index (χ2n) is 4.32. The molecule has 18 heavy (non-hydrogen) atoms. The van der Waals surface area contributed by atoms with Gasteiger partial charge in [-0.15, -0.1) is 0 Å². The van der Waals surface area contributed by atoms with Crippen LogP contribution in [0.5, 0.6) is 0 Å².